The number of nitrogens with zero attached hydrogens (tertiary/aromatic N) is 1. The Morgan fingerprint density at radius 2 is 1.62 bits per heavy atom. The van der Waals surface area contributed by atoms with Crippen LogP contribution in [-0.2, 0) is 14.9 Å². The Morgan fingerprint density at radius 3 is 1.94 bits per heavy atom. The van der Waals surface area contributed by atoms with Crippen LogP contribution < -0.4 is 0 Å². The fourth-order valence-electron chi connectivity index (χ4n) is 1.73. The third-order valence-corrected chi connectivity index (χ3v) is 2.62. The van der Waals surface area contributed by atoms with E-state index in [0.717, 1.165) is 0 Å². The van der Waals surface area contributed by atoms with E-state index in [-0.39, 0.29) is 5.91 Å². The van der Waals surface area contributed by atoms with E-state index >= 15 is 0 Å². The minimum absolute atomic E-state index is 0.205. The second-order valence-corrected chi connectivity index (χ2v) is 5.62. The molecule has 1 N–H and O–H groups in total. The Kier molecular flexibility index (Phi) is 6.59. The Balaban J connectivity index is 0.000000385. The lowest BCUT2D eigenvalue weighted by Gasteiger charge is -2.30. The smallest absolute Gasteiger partial charge is 0.261 e. The van der Waals surface area contributed by atoms with Crippen molar-refractivity contribution in [2.75, 3.05) is 13.3 Å². The van der Waals surface area contributed by atoms with E-state index in [9.17, 15) is 13.2 Å². The molecule has 1 amide bonds. The third kappa shape index (κ3) is 8.67. The summed E-state index contributed by atoms with van der Waals surface area (Å²) in [6.45, 7) is 1.65. The van der Waals surface area contributed by atoms with Crippen molar-refractivity contribution in [1.82, 2.24) is 4.90 Å². The number of hydrogen-bond acceptors (Lipinski definition) is 3. The van der Waals surface area contributed by atoms with E-state index < -0.39 is 10.1 Å². The highest BCUT2D eigenvalue weighted by molar-refractivity contribution is 7.85. The molecule has 0 aromatic carbocycles. The van der Waals surface area contributed by atoms with Crippen molar-refractivity contribution in [3.63, 3.8) is 0 Å². The average molecular weight is 251 g/mol. The van der Waals surface area contributed by atoms with Gasteiger partial charge >= 0.3 is 0 Å². The van der Waals surface area contributed by atoms with Gasteiger partial charge in [-0.3, -0.25) is 9.35 Å². The molecule has 16 heavy (non-hydrogen) atoms. The minimum Gasteiger partial charge on any atom is -0.343 e. The predicted octanol–water partition coefficient (Wildman–Crippen LogP) is 1.30. The Hall–Kier alpha value is -0.620. The van der Waals surface area contributed by atoms with E-state index in [0.29, 0.717) is 12.3 Å². The van der Waals surface area contributed by atoms with Crippen molar-refractivity contribution in [3.05, 3.63) is 0 Å². The van der Waals surface area contributed by atoms with Gasteiger partial charge in [-0.25, -0.2) is 0 Å². The molecule has 0 heterocycles. The van der Waals surface area contributed by atoms with E-state index in [2.05, 4.69) is 0 Å². The number of carbonyl (C=O) groups excluding carboxylic acids is 1. The van der Waals surface area contributed by atoms with E-state index in [1.807, 2.05) is 11.9 Å². The van der Waals surface area contributed by atoms with Crippen LogP contribution >= 0.6 is 0 Å². The number of carbonyl (C=O) groups is 1. The first-order chi connectivity index (χ1) is 7.22. The van der Waals surface area contributed by atoms with Gasteiger partial charge in [0.1, 0.15) is 0 Å². The van der Waals surface area contributed by atoms with Crippen molar-refractivity contribution in [1.29, 1.82) is 0 Å². The summed E-state index contributed by atoms with van der Waals surface area (Å²) in [6.07, 6.45) is 7.06. The predicted molar refractivity (Wildman–Crippen MR) is 62.8 cm³/mol. The van der Waals surface area contributed by atoms with Crippen molar-refractivity contribution in [3.8, 4) is 0 Å². The Morgan fingerprint density at radius 1 is 1.25 bits per heavy atom. The largest absolute Gasteiger partial charge is 0.343 e. The monoisotopic (exact) mass is 251 g/mol. The van der Waals surface area contributed by atoms with Crippen LogP contribution in [0.25, 0.3) is 0 Å². The van der Waals surface area contributed by atoms with Crippen LogP contribution in [0, 0.1) is 0 Å². The lowest BCUT2D eigenvalue weighted by atomic mass is 9.94. The molecule has 0 aromatic heterocycles. The Labute approximate surface area is 97.6 Å². The second kappa shape index (κ2) is 6.85. The van der Waals surface area contributed by atoms with E-state index in [1.54, 1.807) is 6.92 Å². The quantitative estimate of drug-likeness (QED) is 0.713. The summed E-state index contributed by atoms with van der Waals surface area (Å²) in [4.78, 5) is 12.9. The summed E-state index contributed by atoms with van der Waals surface area (Å²) < 4.78 is 25.9. The number of rotatable bonds is 1. The molecule has 0 atom stereocenters. The molecule has 0 aromatic rings. The van der Waals surface area contributed by atoms with Crippen molar-refractivity contribution < 1.29 is 17.8 Å². The van der Waals surface area contributed by atoms with Gasteiger partial charge in [-0.1, -0.05) is 19.3 Å². The van der Waals surface area contributed by atoms with Crippen molar-refractivity contribution in [2.45, 2.75) is 45.1 Å². The molecule has 1 saturated carbocycles. The van der Waals surface area contributed by atoms with Crippen LogP contribution in [0.5, 0.6) is 0 Å². The second-order valence-electron chi connectivity index (χ2n) is 4.15. The van der Waals surface area contributed by atoms with Crippen molar-refractivity contribution in [2.24, 2.45) is 0 Å². The highest BCUT2D eigenvalue weighted by Crippen LogP contribution is 2.21. The molecule has 1 aliphatic rings. The topological polar surface area (TPSA) is 74.7 Å². The van der Waals surface area contributed by atoms with Gasteiger partial charge in [-0.15, -0.1) is 0 Å². The SMILES string of the molecule is CC(=O)N(C)C1CCCCC1.CS(=O)(=O)O. The van der Waals surface area contributed by atoms with Crippen LogP contribution in [0.3, 0.4) is 0 Å². The standard InChI is InChI=1S/C9H17NO.CH4O3S/c1-8(11)10(2)9-6-4-3-5-7-9;1-5(2,3)4/h9H,3-7H2,1-2H3;1H3,(H,2,3,4). The molecule has 0 radical (unpaired) electrons. The van der Waals surface area contributed by atoms with Crippen LogP contribution in [0.2, 0.25) is 0 Å². The van der Waals surface area contributed by atoms with E-state index in [4.69, 9.17) is 4.55 Å². The zero-order valence-corrected chi connectivity index (χ0v) is 11.0. The first kappa shape index (κ1) is 15.4. The van der Waals surface area contributed by atoms with Gasteiger partial charge in [0.2, 0.25) is 5.91 Å². The summed E-state index contributed by atoms with van der Waals surface area (Å²) in [5, 5.41) is 0. The third-order valence-electron chi connectivity index (χ3n) is 2.62. The summed E-state index contributed by atoms with van der Waals surface area (Å²) in [5.74, 6) is 0.205. The summed E-state index contributed by atoms with van der Waals surface area (Å²) in [7, 11) is -1.75. The summed E-state index contributed by atoms with van der Waals surface area (Å²) in [6, 6.07) is 0.529. The molecule has 1 aliphatic carbocycles. The van der Waals surface area contributed by atoms with Crippen LogP contribution in [0.4, 0.5) is 0 Å². The molecule has 0 bridgehead atoms. The maximum Gasteiger partial charge on any atom is 0.261 e. The minimum atomic E-state index is -3.67. The summed E-state index contributed by atoms with van der Waals surface area (Å²) >= 11 is 0. The molecule has 96 valence electrons. The molecule has 6 heteroatoms. The normalized spacial score (nSPS) is 17.2. The zero-order valence-electron chi connectivity index (χ0n) is 10.1. The first-order valence-corrected chi connectivity index (χ1v) is 7.22. The van der Waals surface area contributed by atoms with Gasteiger partial charge in [-0.05, 0) is 12.8 Å². The zero-order chi connectivity index (χ0) is 12.8. The van der Waals surface area contributed by atoms with Gasteiger partial charge in [0.15, 0.2) is 0 Å². The number of hydrogen-bond donors (Lipinski definition) is 1. The highest BCUT2D eigenvalue weighted by Gasteiger charge is 2.18. The number of amides is 1. The maximum atomic E-state index is 11.0. The van der Waals surface area contributed by atoms with Crippen LogP contribution in [-0.4, -0.2) is 43.1 Å². The highest BCUT2D eigenvalue weighted by atomic mass is 32.2. The molecule has 1 rings (SSSR count). The molecule has 0 unspecified atom stereocenters. The first-order valence-electron chi connectivity index (χ1n) is 5.37. The molecular formula is C10H21NO4S. The molecule has 5 nitrogen and oxygen atoms in total. The fraction of sp³-hybridized carbons (Fsp3) is 0.900. The van der Waals surface area contributed by atoms with Crippen LogP contribution in [0.1, 0.15) is 39.0 Å². The van der Waals surface area contributed by atoms with E-state index in [1.165, 1.54) is 32.1 Å². The molecule has 1 fully saturated rings. The van der Waals surface area contributed by atoms with Gasteiger partial charge in [0, 0.05) is 20.0 Å². The van der Waals surface area contributed by atoms with Gasteiger partial charge in [0.05, 0.1) is 6.26 Å². The van der Waals surface area contributed by atoms with Gasteiger partial charge < -0.3 is 4.90 Å². The fourth-order valence-corrected chi connectivity index (χ4v) is 1.73. The lowest BCUT2D eigenvalue weighted by Crippen LogP contribution is -2.36. The van der Waals surface area contributed by atoms with Gasteiger partial charge in [-0.2, -0.15) is 8.42 Å². The maximum absolute atomic E-state index is 11.0. The molecule has 0 aliphatic heterocycles. The average Bonchev–Trinajstić information content (AvgIpc) is 2.15. The molecule has 0 spiro atoms. The van der Waals surface area contributed by atoms with Crippen LogP contribution in [0.15, 0.2) is 0 Å². The Bertz CT molecular complexity index is 299. The molecular weight excluding hydrogens is 230 g/mol. The lowest BCUT2D eigenvalue weighted by molar-refractivity contribution is -0.130. The summed E-state index contributed by atoms with van der Waals surface area (Å²) in [5.41, 5.74) is 0. The van der Waals surface area contributed by atoms with Gasteiger partial charge in [0.25, 0.3) is 10.1 Å². The molecule has 0 saturated heterocycles. The van der Waals surface area contributed by atoms with Crippen molar-refractivity contribution >= 4 is 16.0 Å².